The Balaban J connectivity index is 2.31. The molecule has 4 nitrogen and oxygen atoms in total. The normalized spacial score (nSPS) is 10.2. The molecule has 0 aliphatic heterocycles. The van der Waals surface area contributed by atoms with Crippen molar-refractivity contribution < 1.29 is 4.74 Å². The molecular weight excluding hydrogens is 226 g/mol. The van der Waals surface area contributed by atoms with E-state index < -0.39 is 0 Å². The summed E-state index contributed by atoms with van der Waals surface area (Å²) in [7, 11) is 3.65. The fourth-order valence-electron chi connectivity index (χ4n) is 1.81. The largest absolute Gasteiger partial charge is 0.497 e. The molecule has 0 aliphatic rings. The summed E-state index contributed by atoms with van der Waals surface area (Å²) >= 11 is 0. The van der Waals surface area contributed by atoms with Gasteiger partial charge in [-0.1, -0.05) is 0 Å². The molecule has 1 aromatic heterocycles. The monoisotopic (exact) mass is 243 g/mol. The Kier molecular flexibility index (Phi) is 3.46. The first kappa shape index (κ1) is 12.4. The number of hydrogen-bond donors (Lipinski definition) is 0. The van der Waals surface area contributed by atoms with Gasteiger partial charge in [0.2, 0.25) is 0 Å². The summed E-state index contributed by atoms with van der Waals surface area (Å²) in [6.45, 7) is 3.87. The molecule has 1 aromatic carbocycles. The molecule has 0 amide bonds. The summed E-state index contributed by atoms with van der Waals surface area (Å²) in [5, 5.41) is 0. The Bertz CT molecular complexity index is 517. The molecule has 18 heavy (non-hydrogen) atoms. The van der Waals surface area contributed by atoms with E-state index in [1.807, 2.05) is 56.1 Å². The Morgan fingerprint density at radius 2 is 1.72 bits per heavy atom. The average molecular weight is 243 g/mol. The Morgan fingerprint density at radius 3 is 2.28 bits per heavy atom. The highest BCUT2D eigenvalue weighted by Gasteiger charge is 2.07. The number of methoxy groups -OCH3 is 1. The van der Waals surface area contributed by atoms with Crippen molar-refractivity contribution in [3.63, 3.8) is 0 Å². The van der Waals surface area contributed by atoms with Crippen LogP contribution in [0, 0.1) is 13.8 Å². The smallest absolute Gasteiger partial charge is 0.136 e. The number of nitrogens with zero attached hydrogens (tertiary/aromatic N) is 3. The zero-order valence-electron chi connectivity index (χ0n) is 11.1. The zero-order valence-corrected chi connectivity index (χ0v) is 11.1. The van der Waals surface area contributed by atoms with Crippen molar-refractivity contribution in [2.24, 2.45) is 0 Å². The number of benzene rings is 1. The number of hydrogen-bond acceptors (Lipinski definition) is 4. The van der Waals surface area contributed by atoms with Gasteiger partial charge in [0, 0.05) is 24.5 Å². The van der Waals surface area contributed by atoms with Crippen LogP contribution in [-0.2, 0) is 0 Å². The van der Waals surface area contributed by atoms with Crippen LogP contribution in [0.15, 0.2) is 30.3 Å². The molecule has 0 unspecified atom stereocenters. The molecule has 2 rings (SSSR count). The van der Waals surface area contributed by atoms with Crippen molar-refractivity contribution in [3.05, 3.63) is 41.9 Å². The van der Waals surface area contributed by atoms with Crippen LogP contribution >= 0.6 is 0 Å². The van der Waals surface area contributed by atoms with Crippen LogP contribution in [0.5, 0.6) is 5.75 Å². The van der Waals surface area contributed by atoms with E-state index in [0.29, 0.717) is 0 Å². The fraction of sp³-hybridized carbons (Fsp3) is 0.286. The third-order valence-corrected chi connectivity index (χ3v) is 2.76. The minimum absolute atomic E-state index is 0.783. The predicted octanol–water partition coefficient (Wildman–Crippen LogP) is 2.87. The molecular formula is C14H17N3O. The molecule has 1 heterocycles. The highest BCUT2D eigenvalue weighted by atomic mass is 16.5. The fourth-order valence-corrected chi connectivity index (χ4v) is 1.81. The average Bonchev–Trinajstić information content (AvgIpc) is 2.37. The van der Waals surface area contributed by atoms with Gasteiger partial charge in [-0.05, 0) is 38.1 Å². The van der Waals surface area contributed by atoms with Crippen molar-refractivity contribution in [1.29, 1.82) is 0 Å². The van der Waals surface area contributed by atoms with Crippen LogP contribution in [-0.4, -0.2) is 24.1 Å². The lowest BCUT2D eigenvalue weighted by atomic mass is 10.2. The molecule has 0 atom stereocenters. The lowest BCUT2D eigenvalue weighted by Crippen LogP contribution is -2.12. The minimum atomic E-state index is 0.783. The number of aromatic nitrogens is 2. The summed E-state index contributed by atoms with van der Waals surface area (Å²) in [6.07, 6.45) is 0. The molecule has 94 valence electrons. The highest BCUT2D eigenvalue weighted by molar-refractivity contribution is 5.60. The number of aryl methyl sites for hydroxylation is 2. The topological polar surface area (TPSA) is 38.2 Å². The molecule has 0 saturated heterocycles. The van der Waals surface area contributed by atoms with Crippen molar-refractivity contribution in [3.8, 4) is 5.75 Å². The van der Waals surface area contributed by atoms with E-state index in [1.54, 1.807) is 7.11 Å². The van der Waals surface area contributed by atoms with Crippen LogP contribution < -0.4 is 9.64 Å². The lowest BCUT2D eigenvalue weighted by molar-refractivity contribution is 0.415. The first-order chi connectivity index (χ1) is 8.60. The standard InChI is InChI=1S/C14H17N3O/c1-10-9-14(16-11(2)15-10)17(3)12-5-7-13(18-4)8-6-12/h5-9H,1-4H3. The van der Waals surface area contributed by atoms with E-state index in [1.165, 1.54) is 0 Å². The third kappa shape index (κ3) is 2.59. The van der Waals surface area contributed by atoms with Crippen LogP contribution in [0.25, 0.3) is 0 Å². The second-order valence-corrected chi connectivity index (χ2v) is 4.17. The minimum Gasteiger partial charge on any atom is -0.497 e. The van der Waals surface area contributed by atoms with Crippen LogP contribution in [0.2, 0.25) is 0 Å². The molecule has 4 heteroatoms. The maximum absolute atomic E-state index is 5.15. The van der Waals surface area contributed by atoms with Gasteiger partial charge in [-0.3, -0.25) is 0 Å². The second kappa shape index (κ2) is 5.04. The van der Waals surface area contributed by atoms with Gasteiger partial charge in [0.1, 0.15) is 17.4 Å². The molecule has 0 fully saturated rings. The number of rotatable bonds is 3. The van der Waals surface area contributed by atoms with E-state index >= 15 is 0 Å². The Morgan fingerprint density at radius 1 is 1.06 bits per heavy atom. The molecule has 0 N–H and O–H groups in total. The first-order valence-corrected chi connectivity index (χ1v) is 5.80. The van der Waals surface area contributed by atoms with E-state index in [0.717, 1.165) is 28.8 Å². The van der Waals surface area contributed by atoms with Crippen LogP contribution in [0.1, 0.15) is 11.5 Å². The molecule has 2 aromatic rings. The van der Waals surface area contributed by atoms with Gasteiger partial charge in [0.15, 0.2) is 0 Å². The maximum atomic E-state index is 5.15. The van der Waals surface area contributed by atoms with E-state index in [2.05, 4.69) is 9.97 Å². The molecule has 0 radical (unpaired) electrons. The highest BCUT2D eigenvalue weighted by Crippen LogP contribution is 2.24. The van der Waals surface area contributed by atoms with Gasteiger partial charge in [0.25, 0.3) is 0 Å². The molecule has 0 aliphatic carbocycles. The summed E-state index contributed by atoms with van der Waals surface area (Å²) in [4.78, 5) is 10.7. The zero-order chi connectivity index (χ0) is 13.1. The number of ether oxygens (including phenoxy) is 1. The van der Waals surface area contributed by atoms with E-state index in [9.17, 15) is 0 Å². The van der Waals surface area contributed by atoms with Gasteiger partial charge < -0.3 is 9.64 Å². The molecule has 0 saturated carbocycles. The van der Waals surface area contributed by atoms with Gasteiger partial charge in [-0.15, -0.1) is 0 Å². The molecule has 0 spiro atoms. The second-order valence-electron chi connectivity index (χ2n) is 4.17. The first-order valence-electron chi connectivity index (χ1n) is 5.80. The van der Waals surface area contributed by atoms with E-state index in [4.69, 9.17) is 4.74 Å². The SMILES string of the molecule is COc1ccc(N(C)c2cc(C)nc(C)n2)cc1. The van der Waals surface area contributed by atoms with Gasteiger partial charge in [-0.2, -0.15) is 0 Å². The Hall–Kier alpha value is -2.10. The quantitative estimate of drug-likeness (QED) is 0.830. The van der Waals surface area contributed by atoms with Crippen LogP contribution in [0.3, 0.4) is 0 Å². The van der Waals surface area contributed by atoms with Crippen molar-refractivity contribution in [1.82, 2.24) is 9.97 Å². The van der Waals surface area contributed by atoms with Crippen LogP contribution in [0.4, 0.5) is 11.5 Å². The van der Waals surface area contributed by atoms with Gasteiger partial charge >= 0.3 is 0 Å². The van der Waals surface area contributed by atoms with Crippen molar-refractivity contribution in [2.75, 3.05) is 19.1 Å². The predicted molar refractivity (Wildman–Crippen MR) is 72.6 cm³/mol. The Labute approximate surface area is 107 Å². The summed E-state index contributed by atoms with van der Waals surface area (Å²) in [6, 6.07) is 9.86. The summed E-state index contributed by atoms with van der Waals surface area (Å²) in [5.74, 6) is 2.53. The van der Waals surface area contributed by atoms with Gasteiger partial charge in [0.05, 0.1) is 7.11 Å². The van der Waals surface area contributed by atoms with Crippen molar-refractivity contribution in [2.45, 2.75) is 13.8 Å². The number of anilines is 2. The third-order valence-electron chi connectivity index (χ3n) is 2.76. The van der Waals surface area contributed by atoms with Gasteiger partial charge in [-0.25, -0.2) is 9.97 Å². The molecule has 0 bridgehead atoms. The summed E-state index contributed by atoms with van der Waals surface area (Å²) in [5.41, 5.74) is 2.03. The summed E-state index contributed by atoms with van der Waals surface area (Å²) < 4.78 is 5.15. The van der Waals surface area contributed by atoms with Crippen molar-refractivity contribution >= 4 is 11.5 Å². The lowest BCUT2D eigenvalue weighted by Gasteiger charge is -2.19. The van der Waals surface area contributed by atoms with E-state index in [-0.39, 0.29) is 0 Å². The maximum Gasteiger partial charge on any atom is 0.136 e.